The molecule has 6 heteroatoms. The normalized spacial score (nSPS) is 11.7. The minimum absolute atomic E-state index is 0.0440. The number of rotatable bonds is 2. The molecule has 0 aliphatic heterocycles. The van der Waals surface area contributed by atoms with Crippen LogP contribution in [-0.2, 0) is 16.0 Å². The van der Waals surface area contributed by atoms with Gasteiger partial charge in [-0.2, -0.15) is 8.42 Å². The van der Waals surface area contributed by atoms with Gasteiger partial charge in [-0.05, 0) is 24.6 Å². The molecular formula is C8H7F3O2S. The molecular weight excluding hydrogens is 217 g/mol. The van der Waals surface area contributed by atoms with E-state index in [-0.39, 0.29) is 5.56 Å². The highest BCUT2D eigenvalue weighted by Gasteiger charge is 2.14. The van der Waals surface area contributed by atoms with E-state index < -0.39 is 33.2 Å². The number of hydrogen-bond donors (Lipinski definition) is 0. The van der Waals surface area contributed by atoms with E-state index in [0.29, 0.717) is 6.07 Å². The summed E-state index contributed by atoms with van der Waals surface area (Å²) in [5.74, 6) is -2.83. The molecule has 1 rings (SSSR count). The summed E-state index contributed by atoms with van der Waals surface area (Å²) in [6.45, 7) is 1.33. The van der Waals surface area contributed by atoms with Gasteiger partial charge in [0, 0.05) is 5.56 Å². The summed E-state index contributed by atoms with van der Waals surface area (Å²) in [5, 5.41) is 0. The molecule has 1 aromatic carbocycles. The molecule has 0 radical (unpaired) electrons. The van der Waals surface area contributed by atoms with Crippen LogP contribution in [0.3, 0.4) is 0 Å². The highest BCUT2D eigenvalue weighted by atomic mass is 32.3. The average molecular weight is 224 g/mol. The van der Waals surface area contributed by atoms with Crippen molar-refractivity contribution in [3.63, 3.8) is 0 Å². The standard InChI is InChI=1S/C8H7F3O2S/c1-5-2-8(10)6(3-7(5)9)4-14(11,12)13/h2-3H,4H2,1H3. The fraction of sp³-hybridized carbons (Fsp3) is 0.250. The lowest BCUT2D eigenvalue weighted by molar-refractivity contribution is 0.544. The SMILES string of the molecule is Cc1cc(F)c(CS(=O)(=O)F)cc1F. The minimum atomic E-state index is -4.84. The largest absolute Gasteiger partial charge is 0.306 e. The van der Waals surface area contributed by atoms with Gasteiger partial charge in [0.05, 0.1) is 0 Å². The Hall–Kier alpha value is -1.04. The van der Waals surface area contributed by atoms with E-state index in [1.54, 1.807) is 0 Å². The van der Waals surface area contributed by atoms with Crippen molar-refractivity contribution in [3.05, 3.63) is 34.9 Å². The maximum atomic E-state index is 13.0. The maximum Gasteiger partial charge on any atom is 0.306 e. The van der Waals surface area contributed by atoms with Crippen LogP contribution in [0.4, 0.5) is 12.7 Å². The third kappa shape index (κ3) is 2.73. The second-order valence-corrected chi connectivity index (χ2v) is 4.24. The highest BCUT2D eigenvalue weighted by molar-refractivity contribution is 7.85. The van der Waals surface area contributed by atoms with Gasteiger partial charge >= 0.3 is 10.2 Å². The second kappa shape index (κ2) is 3.61. The van der Waals surface area contributed by atoms with Gasteiger partial charge in [-0.1, -0.05) is 0 Å². The molecule has 0 aromatic heterocycles. The first-order valence-corrected chi connectivity index (χ1v) is 5.22. The van der Waals surface area contributed by atoms with Gasteiger partial charge in [0.2, 0.25) is 0 Å². The van der Waals surface area contributed by atoms with Crippen LogP contribution in [0, 0.1) is 18.6 Å². The molecule has 0 aliphatic carbocycles. The lowest BCUT2D eigenvalue weighted by Gasteiger charge is -2.02. The summed E-state index contributed by atoms with van der Waals surface area (Å²) in [6.07, 6.45) is 0. The molecule has 0 saturated carbocycles. The van der Waals surface area contributed by atoms with Crippen LogP contribution >= 0.6 is 0 Å². The topological polar surface area (TPSA) is 34.1 Å². The second-order valence-electron chi connectivity index (χ2n) is 2.88. The molecule has 78 valence electrons. The zero-order valence-corrected chi connectivity index (χ0v) is 8.04. The summed E-state index contributed by atoms with van der Waals surface area (Å²) in [6, 6.07) is 1.51. The summed E-state index contributed by atoms with van der Waals surface area (Å²) >= 11 is 0. The van der Waals surface area contributed by atoms with Crippen LogP contribution < -0.4 is 0 Å². The van der Waals surface area contributed by atoms with Crippen LogP contribution in [0.2, 0.25) is 0 Å². The predicted molar refractivity (Wildman–Crippen MR) is 44.8 cm³/mol. The maximum absolute atomic E-state index is 13.0. The van der Waals surface area contributed by atoms with Crippen molar-refractivity contribution in [1.82, 2.24) is 0 Å². The summed E-state index contributed by atoms with van der Waals surface area (Å²) in [7, 11) is -4.84. The molecule has 0 atom stereocenters. The van der Waals surface area contributed by atoms with E-state index in [1.807, 2.05) is 0 Å². The fourth-order valence-corrected chi connectivity index (χ4v) is 1.58. The monoisotopic (exact) mass is 224 g/mol. The average Bonchev–Trinajstić information content (AvgIpc) is 1.97. The van der Waals surface area contributed by atoms with Gasteiger partial charge in [0.15, 0.2) is 0 Å². The Morgan fingerprint density at radius 3 is 2.29 bits per heavy atom. The van der Waals surface area contributed by atoms with Crippen molar-refractivity contribution in [1.29, 1.82) is 0 Å². The quantitative estimate of drug-likeness (QED) is 0.721. The zero-order valence-electron chi connectivity index (χ0n) is 7.22. The summed E-state index contributed by atoms with van der Waals surface area (Å²) in [4.78, 5) is 0. The van der Waals surface area contributed by atoms with E-state index in [0.717, 1.165) is 6.07 Å². The van der Waals surface area contributed by atoms with Gasteiger partial charge in [0.25, 0.3) is 0 Å². The first kappa shape index (κ1) is 11.0. The Morgan fingerprint density at radius 2 is 1.79 bits per heavy atom. The minimum Gasteiger partial charge on any atom is -0.207 e. The van der Waals surface area contributed by atoms with Gasteiger partial charge < -0.3 is 0 Å². The molecule has 0 fully saturated rings. The van der Waals surface area contributed by atoms with E-state index in [4.69, 9.17) is 0 Å². The first-order chi connectivity index (χ1) is 6.29. The van der Waals surface area contributed by atoms with Crippen molar-refractivity contribution >= 4 is 10.2 Å². The molecule has 0 N–H and O–H groups in total. The van der Waals surface area contributed by atoms with Crippen molar-refractivity contribution in [2.24, 2.45) is 0 Å². The lowest BCUT2D eigenvalue weighted by atomic mass is 10.1. The molecule has 0 aliphatic rings. The molecule has 2 nitrogen and oxygen atoms in total. The molecule has 0 unspecified atom stereocenters. The Bertz CT molecular complexity index is 454. The van der Waals surface area contributed by atoms with Crippen molar-refractivity contribution in [2.75, 3.05) is 0 Å². The van der Waals surface area contributed by atoms with Crippen LogP contribution in [0.1, 0.15) is 11.1 Å². The van der Waals surface area contributed by atoms with Crippen LogP contribution in [-0.4, -0.2) is 8.42 Å². The number of halogens is 3. The molecule has 14 heavy (non-hydrogen) atoms. The molecule has 0 heterocycles. The van der Waals surface area contributed by atoms with Crippen LogP contribution in [0.25, 0.3) is 0 Å². The predicted octanol–water partition coefficient (Wildman–Crippen LogP) is 2.07. The Labute approximate surface area is 79.6 Å². The molecule has 0 bridgehead atoms. The fourth-order valence-electron chi connectivity index (χ4n) is 0.984. The van der Waals surface area contributed by atoms with Crippen molar-refractivity contribution in [3.8, 4) is 0 Å². The Kier molecular flexibility index (Phi) is 2.84. The van der Waals surface area contributed by atoms with Gasteiger partial charge in [0.1, 0.15) is 17.4 Å². The number of hydrogen-bond acceptors (Lipinski definition) is 2. The molecule has 0 amide bonds. The molecule has 0 spiro atoms. The lowest BCUT2D eigenvalue weighted by Crippen LogP contribution is -2.01. The summed E-state index contributed by atoms with van der Waals surface area (Å²) < 4.78 is 58.4. The first-order valence-electron chi connectivity index (χ1n) is 3.66. The third-order valence-corrected chi connectivity index (χ3v) is 2.31. The zero-order chi connectivity index (χ0) is 10.9. The van der Waals surface area contributed by atoms with E-state index in [2.05, 4.69) is 0 Å². The van der Waals surface area contributed by atoms with Crippen LogP contribution in [0.15, 0.2) is 12.1 Å². The highest BCUT2D eigenvalue weighted by Crippen LogP contribution is 2.17. The Balaban J connectivity index is 3.17. The van der Waals surface area contributed by atoms with E-state index >= 15 is 0 Å². The molecule has 1 aromatic rings. The van der Waals surface area contributed by atoms with Gasteiger partial charge in [-0.15, -0.1) is 3.89 Å². The van der Waals surface area contributed by atoms with Crippen LogP contribution in [0.5, 0.6) is 0 Å². The van der Waals surface area contributed by atoms with Crippen molar-refractivity contribution in [2.45, 2.75) is 12.7 Å². The Morgan fingerprint density at radius 1 is 1.21 bits per heavy atom. The number of aryl methyl sites for hydroxylation is 1. The van der Waals surface area contributed by atoms with Gasteiger partial charge in [-0.3, -0.25) is 0 Å². The third-order valence-electron chi connectivity index (χ3n) is 1.66. The molecule has 0 saturated heterocycles. The summed E-state index contributed by atoms with van der Waals surface area (Å²) in [5.41, 5.74) is -0.460. The van der Waals surface area contributed by atoms with Crippen molar-refractivity contribution < 1.29 is 21.1 Å². The van der Waals surface area contributed by atoms with Gasteiger partial charge in [-0.25, -0.2) is 8.78 Å². The smallest absolute Gasteiger partial charge is 0.207 e. The van der Waals surface area contributed by atoms with E-state index in [1.165, 1.54) is 6.92 Å². The van der Waals surface area contributed by atoms with E-state index in [9.17, 15) is 21.1 Å². The number of benzene rings is 1.